The second-order valence-corrected chi connectivity index (χ2v) is 13.8. The zero-order chi connectivity index (χ0) is 35.3. The molecule has 0 saturated carbocycles. The highest BCUT2D eigenvalue weighted by Gasteiger charge is 2.52. The van der Waals surface area contributed by atoms with E-state index >= 15 is 0 Å². The van der Waals surface area contributed by atoms with Crippen molar-refractivity contribution in [3.8, 4) is 0 Å². The molecule has 0 radical (unpaired) electrons. The minimum atomic E-state index is -1.98. The van der Waals surface area contributed by atoms with E-state index in [1.807, 2.05) is 25.9 Å². The maximum absolute atomic E-state index is 14.1. The maximum Gasteiger partial charge on any atom is 0.316 e. The molecule has 12 heteroatoms. The molecule has 0 bridgehead atoms. The van der Waals surface area contributed by atoms with Crippen LogP contribution in [0.4, 0.5) is 0 Å². The van der Waals surface area contributed by atoms with Crippen LogP contribution in [0, 0.1) is 23.7 Å². The van der Waals surface area contributed by atoms with E-state index in [9.17, 15) is 29.4 Å². The number of carbonyl (C=O) groups excluding carboxylic acids is 4. The fourth-order valence-electron chi connectivity index (χ4n) is 6.93. The molecule has 0 aromatic heterocycles. The van der Waals surface area contributed by atoms with Crippen LogP contribution in [-0.4, -0.2) is 113 Å². The van der Waals surface area contributed by atoms with E-state index in [-0.39, 0.29) is 37.4 Å². The molecule has 2 fully saturated rings. The molecular formula is C34H57NO11. The van der Waals surface area contributed by atoms with Gasteiger partial charge in [-0.15, -0.1) is 6.58 Å². The Kier molecular flexibility index (Phi) is 14.1. The Balaban J connectivity index is 2.75. The molecule has 2 aliphatic rings. The van der Waals surface area contributed by atoms with Gasteiger partial charge < -0.3 is 38.8 Å². The number of likely N-dealkylation sites (N-methyl/N-ethyl adjacent to an activating group) is 1. The number of ketones is 2. The molecule has 0 spiro atoms. The van der Waals surface area contributed by atoms with Crippen LogP contribution in [0.3, 0.4) is 0 Å². The Bertz CT molecular complexity index is 1090. The summed E-state index contributed by atoms with van der Waals surface area (Å²) >= 11 is 0. The van der Waals surface area contributed by atoms with E-state index in [2.05, 4.69) is 6.58 Å². The van der Waals surface area contributed by atoms with Gasteiger partial charge >= 0.3 is 11.9 Å². The summed E-state index contributed by atoms with van der Waals surface area (Å²) in [6, 6.07) is -0.280. The average molecular weight is 656 g/mol. The van der Waals surface area contributed by atoms with Crippen LogP contribution in [0.15, 0.2) is 12.7 Å². The highest BCUT2D eigenvalue weighted by molar-refractivity contribution is 6.00. The smallest absolute Gasteiger partial charge is 0.316 e. The second-order valence-electron chi connectivity index (χ2n) is 13.8. The molecule has 264 valence electrons. The largest absolute Gasteiger partial charge is 0.459 e. The molecular weight excluding hydrogens is 598 g/mol. The number of esters is 2. The molecule has 2 aliphatic heterocycles. The van der Waals surface area contributed by atoms with Crippen molar-refractivity contribution in [3.05, 3.63) is 12.7 Å². The summed E-state index contributed by atoms with van der Waals surface area (Å²) in [6.45, 7) is 17.9. The zero-order valence-electron chi connectivity index (χ0n) is 29.5. The zero-order valence-corrected chi connectivity index (χ0v) is 29.5. The normalized spacial score (nSPS) is 41.9. The highest BCUT2D eigenvalue weighted by atomic mass is 16.7. The Morgan fingerprint density at radius 1 is 1.09 bits per heavy atom. The number of Topliss-reactive ketones (excluding diaryl/α,β-unsaturated/α-hetero) is 2. The minimum Gasteiger partial charge on any atom is -0.459 e. The molecule has 0 aromatic carbocycles. The molecule has 0 unspecified atom stereocenters. The number of aliphatic hydroxyl groups is 2. The number of aliphatic hydroxyl groups excluding tert-OH is 1. The topological polar surface area (TPSA) is 158 Å². The van der Waals surface area contributed by atoms with Crippen LogP contribution in [0.1, 0.15) is 81.6 Å². The standard InChI is InChI=1S/C34H57NO11/c1-13-15-42-33(9)17-18(3)26(37)20(5)29(39)34(10,41)25(14-2)45-31(40)22(7)27(38)21(6)30(33)46-32-28(44-23(8)36)24(35(11)12)16-19(4)43-32/h13,18-22,24-25,28-30,32,39,41H,1,14-17H2,2-12H3/t18-,19-,20-,21+,22-,24+,25+,28-,29-,30-,32+,33+,34-/m1/s1. The van der Waals surface area contributed by atoms with Gasteiger partial charge in [0.05, 0.1) is 36.6 Å². The lowest BCUT2D eigenvalue weighted by Gasteiger charge is -2.48. The first-order valence-electron chi connectivity index (χ1n) is 16.3. The van der Waals surface area contributed by atoms with Crippen LogP contribution in [0.5, 0.6) is 0 Å². The third kappa shape index (κ3) is 9.02. The quantitative estimate of drug-likeness (QED) is 0.224. The molecule has 0 amide bonds. The van der Waals surface area contributed by atoms with Crippen molar-refractivity contribution in [2.45, 2.75) is 136 Å². The van der Waals surface area contributed by atoms with Gasteiger partial charge in [0.15, 0.2) is 18.2 Å². The molecule has 2 heterocycles. The van der Waals surface area contributed by atoms with Gasteiger partial charge in [0.1, 0.15) is 23.4 Å². The van der Waals surface area contributed by atoms with E-state index in [1.165, 1.54) is 33.8 Å². The number of nitrogens with zero attached hydrogens (tertiary/aromatic N) is 1. The molecule has 0 aromatic rings. The van der Waals surface area contributed by atoms with Crippen molar-refractivity contribution in [2.24, 2.45) is 23.7 Å². The van der Waals surface area contributed by atoms with Crippen molar-refractivity contribution in [1.82, 2.24) is 4.90 Å². The third-order valence-electron chi connectivity index (χ3n) is 9.65. The van der Waals surface area contributed by atoms with Crippen LogP contribution < -0.4 is 0 Å². The van der Waals surface area contributed by atoms with Crippen molar-refractivity contribution in [3.63, 3.8) is 0 Å². The predicted octanol–water partition coefficient (Wildman–Crippen LogP) is 2.85. The van der Waals surface area contributed by atoms with Gasteiger partial charge in [-0.2, -0.15) is 0 Å². The second kappa shape index (κ2) is 16.3. The van der Waals surface area contributed by atoms with Gasteiger partial charge in [0, 0.05) is 24.7 Å². The van der Waals surface area contributed by atoms with Gasteiger partial charge in [-0.05, 0) is 61.1 Å². The van der Waals surface area contributed by atoms with Gasteiger partial charge in [-0.25, -0.2) is 0 Å². The Morgan fingerprint density at radius 2 is 1.70 bits per heavy atom. The summed E-state index contributed by atoms with van der Waals surface area (Å²) in [4.78, 5) is 55.5. The van der Waals surface area contributed by atoms with Gasteiger partial charge in [0.2, 0.25) is 0 Å². The molecule has 2 N–H and O–H groups in total. The monoisotopic (exact) mass is 655 g/mol. The van der Waals surface area contributed by atoms with Crippen LogP contribution in [0.25, 0.3) is 0 Å². The van der Waals surface area contributed by atoms with Crippen molar-refractivity contribution in [2.75, 3.05) is 20.7 Å². The molecule has 0 aliphatic carbocycles. The van der Waals surface area contributed by atoms with Gasteiger partial charge in [-0.1, -0.05) is 33.8 Å². The lowest BCUT2D eigenvalue weighted by molar-refractivity contribution is -0.299. The van der Waals surface area contributed by atoms with Crippen molar-refractivity contribution >= 4 is 23.5 Å². The lowest BCUT2D eigenvalue weighted by atomic mass is 9.74. The predicted molar refractivity (Wildman–Crippen MR) is 169 cm³/mol. The lowest BCUT2D eigenvalue weighted by Crippen LogP contribution is -2.60. The van der Waals surface area contributed by atoms with E-state index in [4.69, 9.17) is 23.7 Å². The van der Waals surface area contributed by atoms with Crippen LogP contribution in [-0.2, 0) is 42.9 Å². The van der Waals surface area contributed by atoms with E-state index < -0.39 is 83.3 Å². The molecule has 2 rings (SSSR count). The molecule has 13 atom stereocenters. The third-order valence-corrected chi connectivity index (χ3v) is 9.65. The number of rotatable bonds is 8. The van der Waals surface area contributed by atoms with Gasteiger partial charge in [0.25, 0.3) is 0 Å². The number of hydrogen-bond donors (Lipinski definition) is 2. The summed E-state index contributed by atoms with van der Waals surface area (Å²) in [5, 5.41) is 22.6. The molecule has 2 saturated heterocycles. The van der Waals surface area contributed by atoms with Crippen molar-refractivity contribution < 1.29 is 53.1 Å². The summed E-state index contributed by atoms with van der Waals surface area (Å²) in [7, 11) is 3.72. The number of hydrogen-bond acceptors (Lipinski definition) is 12. The Morgan fingerprint density at radius 3 is 2.22 bits per heavy atom. The summed E-state index contributed by atoms with van der Waals surface area (Å²) in [6.07, 6.45) is -3.93. The van der Waals surface area contributed by atoms with E-state index in [0.717, 1.165) is 0 Å². The molecule has 12 nitrogen and oxygen atoms in total. The fourth-order valence-corrected chi connectivity index (χ4v) is 6.93. The number of carbonyl (C=O) groups is 4. The van der Waals surface area contributed by atoms with E-state index in [1.54, 1.807) is 27.7 Å². The number of ether oxygens (including phenoxy) is 5. The average Bonchev–Trinajstić information content (AvgIpc) is 2.98. The summed E-state index contributed by atoms with van der Waals surface area (Å²) in [5.74, 6) is -6.39. The minimum absolute atomic E-state index is 0.0365. The first-order valence-corrected chi connectivity index (χ1v) is 16.3. The maximum atomic E-state index is 14.1. The van der Waals surface area contributed by atoms with Gasteiger partial charge in [-0.3, -0.25) is 19.2 Å². The van der Waals surface area contributed by atoms with Crippen molar-refractivity contribution in [1.29, 1.82) is 0 Å². The van der Waals surface area contributed by atoms with Crippen LogP contribution in [0.2, 0.25) is 0 Å². The summed E-state index contributed by atoms with van der Waals surface area (Å²) < 4.78 is 30.6. The summed E-state index contributed by atoms with van der Waals surface area (Å²) in [5.41, 5.74) is -3.33. The first-order chi connectivity index (χ1) is 21.2. The Hall–Kier alpha value is -2.22. The Labute approximate surface area is 274 Å². The first kappa shape index (κ1) is 40.0. The fraction of sp³-hybridized carbons (Fsp3) is 0.824. The number of cyclic esters (lactones) is 1. The van der Waals surface area contributed by atoms with Crippen LogP contribution >= 0.6 is 0 Å². The van der Waals surface area contributed by atoms with E-state index in [0.29, 0.717) is 6.42 Å². The highest BCUT2D eigenvalue weighted by Crippen LogP contribution is 2.39. The molecule has 46 heavy (non-hydrogen) atoms. The SMILES string of the molecule is C=CCO[C@@]1(C)C[C@@H](C)C(=O)[C@@H](C)[C@@H](O)[C@](C)(O)[C@H](CC)OC(=O)[C@H](C)C(=O)[C@H](C)[C@H]1O[C@@H]1O[C@H](C)C[C@H](N(C)C)[C@H]1OC(C)=O.